The summed E-state index contributed by atoms with van der Waals surface area (Å²) in [6.07, 6.45) is 2.37. The van der Waals surface area contributed by atoms with Crippen LogP contribution in [-0.4, -0.2) is 15.9 Å². The maximum Gasteiger partial charge on any atom is 0.416 e. The Kier molecular flexibility index (Phi) is 15.2. The van der Waals surface area contributed by atoms with Crippen molar-refractivity contribution in [3.8, 4) is 33.5 Å². The van der Waals surface area contributed by atoms with E-state index in [-0.39, 0.29) is 48.9 Å². The van der Waals surface area contributed by atoms with Crippen molar-refractivity contribution in [1.29, 1.82) is 0 Å². The fourth-order valence-electron chi connectivity index (χ4n) is 6.23. The summed E-state index contributed by atoms with van der Waals surface area (Å²) >= 11 is 0. The Morgan fingerprint density at radius 2 is 1.27 bits per heavy atom. The van der Waals surface area contributed by atoms with Crippen molar-refractivity contribution in [2.45, 2.75) is 85.7 Å². The molecule has 0 fully saturated rings. The summed E-state index contributed by atoms with van der Waals surface area (Å²) in [4.78, 5) is 16.4. The van der Waals surface area contributed by atoms with E-state index in [2.05, 4.69) is 62.2 Å². The van der Waals surface area contributed by atoms with Crippen LogP contribution in [0.15, 0.2) is 109 Å². The molecule has 5 rings (SSSR count). The second-order valence-electron chi connectivity index (χ2n) is 14.0. The largest absolute Gasteiger partial charge is 0.512 e. The van der Waals surface area contributed by atoms with E-state index >= 15 is 0 Å². The third-order valence-electron chi connectivity index (χ3n) is 9.46. The molecule has 0 saturated heterocycles. The zero-order chi connectivity index (χ0) is 37.3. The average molecular weight is 885 g/mol. The molecule has 5 aromatic rings. The molecular formula is C45H49F3IrNO2-. The van der Waals surface area contributed by atoms with Crippen LogP contribution >= 0.6 is 0 Å². The number of fused-ring (bicyclic) bond motifs is 1. The van der Waals surface area contributed by atoms with E-state index in [1.807, 2.05) is 64.1 Å². The maximum atomic E-state index is 12.9. The SMILES string of the molecule is CC(C)(C)c1cc(-c2cc(-c3ccc(-c4ccc(C(F)(F)F)cc4)cc3)ccn2)[c-]c2ccccc12.CCC(CC)C(=O)/C=C(\O)C(CC)CC.[Ir]. The molecule has 0 amide bonds. The Morgan fingerprint density at radius 3 is 1.79 bits per heavy atom. The molecule has 52 heavy (non-hydrogen) atoms. The number of allylic oxidation sites excluding steroid dienone is 2. The molecule has 0 aliphatic carbocycles. The first kappa shape index (κ1) is 42.4. The first-order valence-electron chi connectivity index (χ1n) is 17.8. The van der Waals surface area contributed by atoms with Crippen LogP contribution in [0.25, 0.3) is 44.3 Å². The number of pyridine rings is 1. The summed E-state index contributed by atoms with van der Waals surface area (Å²) in [5.74, 6) is 0.547. The van der Waals surface area contributed by atoms with Crippen LogP contribution in [0.5, 0.6) is 0 Å². The fraction of sp³-hybridized carbons (Fsp3) is 0.333. The van der Waals surface area contributed by atoms with Crippen molar-refractivity contribution >= 4 is 16.6 Å². The van der Waals surface area contributed by atoms with Gasteiger partial charge in [0.1, 0.15) is 0 Å². The molecule has 0 aliphatic heterocycles. The molecule has 3 nitrogen and oxygen atoms in total. The number of aliphatic hydroxyl groups excluding tert-OH is 1. The number of hydrogen-bond acceptors (Lipinski definition) is 3. The molecule has 0 unspecified atom stereocenters. The molecule has 4 aromatic carbocycles. The van der Waals surface area contributed by atoms with Gasteiger partial charge in [0.2, 0.25) is 0 Å². The molecule has 0 bridgehead atoms. The number of aliphatic hydroxyl groups is 1. The fourth-order valence-corrected chi connectivity index (χ4v) is 6.23. The number of carbonyl (C=O) groups is 1. The Bertz CT molecular complexity index is 1930. The molecule has 1 radical (unpaired) electrons. The molecule has 1 aromatic heterocycles. The summed E-state index contributed by atoms with van der Waals surface area (Å²) in [5, 5.41) is 12.0. The van der Waals surface area contributed by atoms with Crippen molar-refractivity contribution in [2.24, 2.45) is 11.8 Å². The molecule has 0 spiro atoms. The van der Waals surface area contributed by atoms with Crippen LogP contribution in [0.2, 0.25) is 0 Å². The number of ketones is 1. The number of aromatic nitrogens is 1. The van der Waals surface area contributed by atoms with Gasteiger partial charge in [0.15, 0.2) is 5.78 Å². The van der Waals surface area contributed by atoms with Crippen molar-refractivity contribution < 1.29 is 43.2 Å². The second kappa shape index (κ2) is 18.6. The van der Waals surface area contributed by atoms with E-state index in [4.69, 9.17) is 0 Å². The third kappa shape index (κ3) is 10.7. The van der Waals surface area contributed by atoms with Crippen LogP contribution < -0.4 is 0 Å². The molecule has 0 aliphatic rings. The summed E-state index contributed by atoms with van der Waals surface area (Å²) in [6, 6.07) is 31.1. The standard InChI is InChI=1S/C32H25F3N.C13H24O2.Ir/c1-31(2,3)29-19-26(18-25-6-4-5-7-28(25)29)30-20-24(16-17-36-30)23-10-8-21(9-11-23)22-12-14-27(15-13-22)32(33,34)35;1-5-10(6-2)12(14)9-13(15)11(7-3)8-4;/h4-17,19-20H,1-3H3;9-11,14H,5-8H2,1-4H3;/q-1;;/b;12-9-;. The van der Waals surface area contributed by atoms with Gasteiger partial charge in [-0.05, 0) is 71.6 Å². The molecule has 7 heteroatoms. The Morgan fingerprint density at radius 1 is 0.750 bits per heavy atom. The number of hydrogen-bond donors (Lipinski definition) is 1. The zero-order valence-electron chi connectivity index (χ0n) is 31.1. The van der Waals surface area contributed by atoms with Crippen LogP contribution in [0.4, 0.5) is 13.2 Å². The number of halogens is 3. The molecular weight excluding hydrogens is 836 g/mol. The van der Waals surface area contributed by atoms with Gasteiger partial charge in [0.25, 0.3) is 0 Å². The summed E-state index contributed by atoms with van der Waals surface area (Å²) < 4.78 is 38.6. The summed E-state index contributed by atoms with van der Waals surface area (Å²) in [7, 11) is 0. The number of carbonyl (C=O) groups excluding carboxylic acids is 1. The van der Waals surface area contributed by atoms with Crippen LogP contribution in [0, 0.1) is 17.9 Å². The minimum atomic E-state index is -4.34. The Hall–Kier alpha value is -4.06. The van der Waals surface area contributed by atoms with E-state index in [0.29, 0.717) is 0 Å². The van der Waals surface area contributed by atoms with Crippen molar-refractivity contribution in [1.82, 2.24) is 4.98 Å². The van der Waals surface area contributed by atoms with Crippen LogP contribution in [-0.2, 0) is 36.5 Å². The van der Waals surface area contributed by atoms with E-state index in [9.17, 15) is 23.1 Å². The molecule has 1 heterocycles. The summed E-state index contributed by atoms with van der Waals surface area (Å²) in [6.45, 7) is 14.7. The zero-order valence-corrected chi connectivity index (χ0v) is 33.5. The predicted octanol–water partition coefficient (Wildman–Crippen LogP) is 13.2. The van der Waals surface area contributed by atoms with E-state index in [0.717, 1.165) is 76.7 Å². The van der Waals surface area contributed by atoms with Gasteiger partial charge in [-0.1, -0.05) is 120 Å². The molecule has 277 valence electrons. The first-order chi connectivity index (χ1) is 24.2. The van der Waals surface area contributed by atoms with Gasteiger partial charge in [-0.2, -0.15) is 13.2 Å². The van der Waals surface area contributed by atoms with Gasteiger partial charge in [-0.25, -0.2) is 0 Å². The average Bonchev–Trinajstić information content (AvgIpc) is 3.12. The number of alkyl halides is 3. The smallest absolute Gasteiger partial charge is 0.416 e. The normalized spacial score (nSPS) is 12.0. The van der Waals surface area contributed by atoms with Crippen molar-refractivity contribution in [3.05, 3.63) is 126 Å². The third-order valence-corrected chi connectivity index (χ3v) is 9.46. The molecule has 0 atom stereocenters. The van der Waals surface area contributed by atoms with Crippen LogP contribution in [0.1, 0.15) is 85.3 Å². The van der Waals surface area contributed by atoms with Gasteiger partial charge in [-0.3, -0.25) is 9.78 Å². The predicted molar refractivity (Wildman–Crippen MR) is 204 cm³/mol. The Balaban J connectivity index is 0.000000389. The summed E-state index contributed by atoms with van der Waals surface area (Å²) in [5.41, 5.74) is 5.98. The van der Waals surface area contributed by atoms with Crippen molar-refractivity contribution in [3.63, 3.8) is 0 Å². The second-order valence-corrected chi connectivity index (χ2v) is 14.0. The monoisotopic (exact) mass is 885 g/mol. The molecule has 0 saturated carbocycles. The van der Waals surface area contributed by atoms with Gasteiger partial charge in [-0.15, -0.1) is 29.1 Å². The topological polar surface area (TPSA) is 50.2 Å². The Labute approximate surface area is 320 Å². The van der Waals surface area contributed by atoms with Crippen molar-refractivity contribution in [2.75, 3.05) is 0 Å². The molecule has 1 N–H and O–H groups in total. The number of benzene rings is 4. The van der Waals surface area contributed by atoms with Gasteiger partial charge in [0, 0.05) is 49.9 Å². The van der Waals surface area contributed by atoms with Gasteiger partial charge in [0.05, 0.1) is 11.3 Å². The maximum absolute atomic E-state index is 12.9. The van der Waals surface area contributed by atoms with E-state index in [1.165, 1.54) is 29.2 Å². The minimum absolute atomic E-state index is 0. The number of nitrogens with zero attached hydrogens (tertiary/aromatic N) is 1. The first-order valence-corrected chi connectivity index (χ1v) is 17.8. The quantitative estimate of drug-likeness (QED) is 0.0864. The van der Waals surface area contributed by atoms with E-state index < -0.39 is 11.7 Å². The van der Waals surface area contributed by atoms with Gasteiger partial charge < -0.3 is 5.11 Å². The minimum Gasteiger partial charge on any atom is -0.512 e. The van der Waals surface area contributed by atoms with E-state index in [1.54, 1.807) is 6.20 Å². The number of rotatable bonds is 10. The van der Waals surface area contributed by atoms with Crippen LogP contribution in [0.3, 0.4) is 0 Å². The van der Waals surface area contributed by atoms with Gasteiger partial charge >= 0.3 is 6.18 Å².